The van der Waals surface area contributed by atoms with Crippen LogP contribution in [0.5, 0.6) is 5.75 Å². The number of nitro groups is 1. The normalized spacial score (nSPS) is 13.4. The molecule has 0 aliphatic heterocycles. The van der Waals surface area contributed by atoms with Crippen molar-refractivity contribution in [2.75, 3.05) is 18.6 Å². The van der Waals surface area contributed by atoms with Crippen LogP contribution in [0.3, 0.4) is 0 Å². The number of alkyl halides is 3. The highest BCUT2D eigenvalue weighted by Gasteiger charge is 2.31. The molecule has 0 spiro atoms. The van der Waals surface area contributed by atoms with E-state index in [0.29, 0.717) is 0 Å². The van der Waals surface area contributed by atoms with Crippen molar-refractivity contribution in [1.29, 1.82) is 0 Å². The molecule has 10 nitrogen and oxygen atoms in total. The number of aliphatic hydroxyl groups is 1. The molecule has 30 heavy (non-hydrogen) atoms. The molecule has 2 rings (SSSR count). The van der Waals surface area contributed by atoms with E-state index in [-0.39, 0.29) is 17.5 Å². The molecule has 1 N–H and O–H groups in total. The van der Waals surface area contributed by atoms with Crippen LogP contribution in [0.25, 0.3) is 0 Å². The Balaban J connectivity index is 1.95. The molecule has 0 aliphatic rings. The zero-order chi connectivity index (χ0) is 22.7. The molecule has 1 heterocycles. The summed E-state index contributed by atoms with van der Waals surface area (Å²) in [5, 5.41) is 20.9. The van der Waals surface area contributed by atoms with E-state index in [1.165, 1.54) is 26.1 Å². The Hall–Kier alpha value is -3.06. The van der Waals surface area contributed by atoms with Gasteiger partial charge in [-0.05, 0) is 52.7 Å². The van der Waals surface area contributed by atoms with Crippen molar-refractivity contribution in [3.63, 3.8) is 0 Å². The number of nitrogens with zero attached hydrogens (tertiary/aromatic N) is 4. The maximum absolute atomic E-state index is 12.2. The molecule has 0 aliphatic carbocycles. The van der Waals surface area contributed by atoms with Crippen LogP contribution in [0.2, 0.25) is 5.28 Å². The molecular formula is C16H16ClF3N4O6. The van der Waals surface area contributed by atoms with Crippen LogP contribution in [-0.4, -0.2) is 51.3 Å². The number of ether oxygens (including phenoxy) is 2. The fourth-order valence-corrected chi connectivity index (χ4v) is 2.48. The van der Waals surface area contributed by atoms with Gasteiger partial charge in [-0.25, -0.2) is 4.79 Å². The van der Waals surface area contributed by atoms with Gasteiger partial charge < -0.3 is 24.7 Å². The largest absolute Gasteiger partial charge is 0.573 e. The summed E-state index contributed by atoms with van der Waals surface area (Å²) >= 11 is 5.78. The lowest BCUT2D eigenvalue weighted by Crippen LogP contribution is -2.39. The molecule has 1 aromatic carbocycles. The lowest BCUT2D eigenvalue weighted by molar-refractivity contribution is -0.389. The molecule has 2 aromatic rings. The summed E-state index contributed by atoms with van der Waals surface area (Å²) in [4.78, 5) is 26.6. The van der Waals surface area contributed by atoms with Gasteiger partial charge in [0.1, 0.15) is 24.2 Å². The molecule has 14 heteroatoms. The number of imidazole rings is 1. The van der Waals surface area contributed by atoms with Crippen molar-refractivity contribution >= 4 is 29.2 Å². The van der Waals surface area contributed by atoms with E-state index >= 15 is 0 Å². The van der Waals surface area contributed by atoms with Gasteiger partial charge in [0, 0.05) is 12.7 Å². The molecule has 0 saturated carbocycles. The van der Waals surface area contributed by atoms with Crippen LogP contribution in [0, 0.1) is 10.1 Å². The minimum Gasteiger partial charge on any atom is -0.446 e. The summed E-state index contributed by atoms with van der Waals surface area (Å²) in [6, 6.07) is 4.48. The molecule has 1 amide bonds. The highest BCUT2D eigenvalue weighted by Crippen LogP contribution is 2.25. The first-order chi connectivity index (χ1) is 13.8. The monoisotopic (exact) mass is 452 g/mol. The third-order valence-electron chi connectivity index (χ3n) is 3.65. The number of carbonyl (C=O) groups is 1. The summed E-state index contributed by atoms with van der Waals surface area (Å²) in [6.45, 7) is 0.548. The molecule has 1 atom stereocenters. The third-order valence-corrected chi connectivity index (χ3v) is 3.95. The minimum atomic E-state index is -4.84. The highest BCUT2D eigenvalue weighted by atomic mass is 35.5. The van der Waals surface area contributed by atoms with Crippen molar-refractivity contribution in [3.8, 4) is 5.75 Å². The van der Waals surface area contributed by atoms with Gasteiger partial charge in [0.2, 0.25) is 0 Å². The number of hydrogen-bond donors (Lipinski definition) is 1. The van der Waals surface area contributed by atoms with Crippen molar-refractivity contribution in [2.45, 2.75) is 25.4 Å². The molecule has 0 bridgehead atoms. The van der Waals surface area contributed by atoms with Crippen molar-refractivity contribution in [3.05, 3.63) is 45.9 Å². The smallest absolute Gasteiger partial charge is 0.446 e. The second-order valence-corrected chi connectivity index (χ2v) is 6.74. The Labute approximate surface area is 172 Å². The van der Waals surface area contributed by atoms with E-state index in [4.69, 9.17) is 16.3 Å². The van der Waals surface area contributed by atoms with Crippen LogP contribution >= 0.6 is 11.6 Å². The first-order valence-corrected chi connectivity index (χ1v) is 8.51. The standard InChI is InChI=1S/C16H16ClF3N4O6/c1-15(26,8-23-7-12(24(27)28)21-13(23)17)9-29-14(25)22(2)10-3-5-11(6-4-10)30-16(18,19)20/h3-7,26H,8-9H2,1-2H3/t15-/m1/s1. The maximum atomic E-state index is 12.2. The van der Waals surface area contributed by atoms with E-state index in [2.05, 4.69) is 9.72 Å². The van der Waals surface area contributed by atoms with Crippen LogP contribution < -0.4 is 9.64 Å². The first-order valence-electron chi connectivity index (χ1n) is 8.13. The number of halogens is 4. The maximum Gasteiger partial charge on any atom is 0.573 e. The SMILES string of the molecule is CN(C(=O)OC[C@](C)(O)Cn1cc([N+](=O)[O-])nc1Cl)c1ccc(OC(F)(F)F)cc1. The zero-order valence-corrected chi connectivity index (χ0v) is 16.3. The van der Waals surface area contributed by atoms with Gasteiger partial charge in [-0.15, -0.1) is 13.2 Å². The topological polar surface area (TPSA) is 120 Å². The molecule has 1 aromatic heterocycles. The number of carbonyl (C=O) groups excluding carboxylic acids is 1. The van der Waals surface area contributed by atoms with Crippen LogP contribution in [0.1, 0.15) is 6.92 Å². The van der Waals surface area contributed by atoms with E-state index in [1.807, 2.05) is 0 Å². The Kier molecular flexibility index (Phi) is 6.77. The summed E-state index contributed by atoms with van der Waals surface area (Å²) < 4.78 is 46.4. The molecule has 0 radical (unpaired) electrons. The second-order valence-electron chi connectivity index (χ2n) is 6.41. The van der Waals surface area contributed by atoms with E-state index in [0.717, 1.165) is 27.8 Å². The zero-order valence-electron chi connectivity index (χ0n) is 15.6. The Morgan fingerprint density at radius 3 is 2.47 bits per heavy atom. The van der Waals surface area contributed by atoms with Crippen LogP contribution in [0.15, 0.2) is 30.5 Å². The first kappa shape index (κ1) is 23.2. The number of amides is 1. The second kappa shape index (κ2) is 8.75. The molecule has 0 saturated heterocycles. The van der Waals surface area contributed by atoms with Gasteiger partial charge in [0.25, 0.3) is 0 Å². The average Bonchev–Trinajstić information content (AvgIpc) is 2.99. The number of anilines is 1. The Morgan fingerprint density at radius 1 is 1.37 bits per heavy atom. The number of rotatable bonds is 7. The Bertz CT molecular complexity index is 917. The quantitative estimate of drug-likeness (QED) is 0.505. The lowest BCUT2D eigenvalue weighted by atomic mass is 10.1. The van der Waals surface area contributed by atoms with Gasteiger partial charge >= 0.3 is 23.6 Å². The van der Waals surface area contributed by atoms with Gasteiger partial charge in [0.05, 0.1) is 6.54 Å². The van der Waals surface area contributed by atoms with E-state index in [9.17, 15) is 33.2 Å². The van der Waals surface area contributed by atoms with Crippen molar-refractivity contribution in [1.82, 2.24) is 9.55 Å². The van der Waals surface area contributed by atoms with E-state index in [1.54, 1.807) is 0 Å². The lowest BCUT2D eigenvalue weighted by Gasteiger charge is -2.25. The van der Waals surface area contributed by atoms with Crippen molar-refractivity contribution < 1.29 is 37.5 Å². The van der Waals surface area contributed by atoms with Gasteiger partial charge in [-0.2, -0.15) is 0 Å². The third kappa shape index (κ3) is 6.49. The number of benzene rings is 1. The highest BCUT2D eigenvalue weighted by molar-refractivity contribution is 6.28. The van der Waals surface area contributed by atoms with Gasteiger partial charge in [0.15, 0.2) is 0 Å². The van der Waals surface area contributed by atoms with E-state index < -0.39 is 41.2 Å². The summed E-state index contributed by atoms with van der Waals surface area (Å²) in [5.41, 5.74) is -1.44. The minimum absolute atomic E-state index is 0.211. The summed E-state index contributed by atoms with van der Waals surface area (Å²) in [6.07, 6.45) is -4.71. The van der Waals surface area contributed by atoms with Crippen molar-refractivity contribution in [2.24, 2.45) is 0 Å². The molecule has 164 valence electrons. The molecule has 0 fully saturated rings. The summed E-state index contributed by atoms with van der Waals surface area (Å²) in [7, 11) is 1.31. The predicted octanol–water partition coefficient (Wildman–Crippen LogP) is 3.37. The average molecular weight is 453 g/mol. The fourth-order valence-electron chi connectivity index (χ4n) is 2.28. The number of hydrogen-bond acceptors (Lipinski definition) is 7. The van der Waals surface area contributed by atoms with Crippen LogP contribution in [-0.2, 0) is 11.3 Å². The van der Waals surface area contributed by atoms with Gasteiger partial charge in [-0.1, -0.05) is 0 Å². The molecule has 0 unspecified atom stereocenters. The van der Waals surface area contributed by atoms with Gasteiger partial charge in [-0.3, -0.25) is 9.47 Å². The summed E-state index contributed by atoms with van der Waals surface area (Å²) in [5.74, 6) is -0.965. The Morgan fingerprint density at radius 2 is 1.97 bits per heavy atom. The predicted molar refractivity (Wildman–Crippen MR) is 97.4 cm³/mol. The fraction of sp³-hybridized carbons (Fsp3) is 0.375. The molecular weight excluding hydrogens is 437 g/mol. The van der Waals surface area contributed by atoms with Crippen LogP contribution in [0.4, 0.5) is 29.5 Å². The number of aromatic nitrogens is 2.